The van der Waals surface area contributed by atoms with Gasteiger partial charge in [-0.25, -0.2) is 18.3 Å². The first-order valence-electron chi connectivity index (χ1n) is 35.0. The van der Waals surface area contributed by atoms with Gasteiger partial charge in [0.2, 0.25) is 34.2 Å². The Balaban J connectivity index is 0.000000167. The van der Waals surface area contributed by atoms with E-state index < -0.39 is 6.85 Å². The Morgan fingerprint density at radius 2 is 0.521 bits per heavy atom. The monoisotopic (exact) mass is 1280 g/mol. The van der Waals surface area contributed by atoms with Crippen molar-refractivity contribution < 1.29 is 31.5 Å². The number of pyridine rings is 6. The van der Waals surface area contributed by atoms with E-state index in [2.05, 4.69) is 363 Å². The fourth-order valence-electron chi connectivity index (χ4n) is 12.1. The maximum absolute atomic E-state index is 7.45. The second-order valence-corrected chi connectivity index (χ2v) is 26.4. The highest BCUT2D eigenvalue weighted by atomic mass is 15.0. The molecule has 96 heavy (non-hydrogen) atoms. The van der Waals surface area contributed by atoms with Crippen molar-refractivity contribution in [3.8, 4) is 67.5 Å². The fourth-order valence-corrected chi connectivity index (χ4v) is 12.1. The molecule has 6 heterocycles. The predicted molar refractivity (Wildman–Crippen MR) is 404 cm³/mol. The zero-order chi connectivity index (χ0) is 72.7. The second kappa shape index (κ2) is 33.6. The summed E-state index contributed by atoms with van der Waals surface area (Å²) in [7, 11) is 12.5. The third kappa shape index (κ3) is 18.8. The van der Waals surface area contributed by atoms with Gasteiger partial charge in [-0.15, -0.1) is 0 Å². The Kier molecular flexibility index (Phi) is 24.1. The first-order chi connectivity index (χ1) is 46.8. The fraction of sp³-hybridized carbons (Fsp3) is 0.267. The van der Waals surface area contributed by atoms with E-state index in [9.17, 15) is 0 Å². The van der Waals surface area contributed by atoms with Gasteiger partial charge >= 0.3 is 0 Å². The summed E-state index contributed by atoms with van der Waals surface area (Å²) in [5.74, 6) is 0. The molecule has 0 atom stereocenters. The molecular formula is C90H108N6+6. The van der Waals surface area contributed by atoms with Crippen LogP contribution in [0.5, 0.6) is 0 Å². The van der Waals surface area contributed by atoms with E-state index in [-0.39, 0.29) is 0 Å². The van der Waals surface area contributed by atoms with E-state index in [4.69, 9.17) is 4.11 Å². The van der Waals surface area contributed by atoms with Crippen LogP contribution < -0.4 is 27.4 Å². The van der Waals surface area contributed by atoms with Crippen molar-refractivity contribution in [2.24, 2.45) is 42.3 Å². The van der Waals surface area contributed by atoms with Gasteiger partial charge in [0.05, 0.1) is 0 Å². The molecule has 0 amide bonds. The lowest BCUT2D eigenvalue weighted by Gasteiger charge is -2.08. The Morgan fingerprint density at radius 3 is 0.854 bits per heavy atom. The first kappa shape index (κ1) is 69.1. The van der Waals surface area contributed by atoms with Crippen molar-refractivity contribution in [3.63, 3.8) is 0 Å². The quantitative estimate of drug-likeness (QED) is 0.148. The number of hydrogen-bond acceptors (Lipinski definition) is 0. The number of benzene rings is 6. The smallest absolute Gasteiger partial charge is 0.201 e. The van der Waals surface area contributed by atoms with Crippen LogP contribution in [0.2, 0.25) is 0 Å². The summed E-state index contributed by atoms with van der Waals surface area (Å²) in [5, 5.41) is 0. The van der Waals surface area contributed by atoms with Crippen molar-refractivity contribution in [2.45, 2.75) is 125 Å². The minimum Gasteiger partial charge on any atom is -0.201 e. The lowest BCUT2D eigenvalue weighted by atomic mass is 9.99. The van der Waals surface area contributed by atoms with Gasteiger partial charge in [-0.2, -0.15) is 9.13 Å². The molecule has 0 bridgehead atoms. The standard InChI is InChI=1S/6C15H18N/c2*1-11-5-6-14(13(3)9-11)15-10-12(2)7-8-16(15)4;2*1-11-8-9-16(4)15(10-11)14-7-5-6-12(2)13(14)3;2*1-11-7-5-6-8-14(11)15-12(2)9-10-13(3)16(15)4/h6*5-10H,1-4H3/q6*+1/i1D3;;;;;. The zero-order valence-electron chi connectivity index (χ0n) is 65.0. The Hall–Kier alpha value is -9.78. The molecule has 492 valence electrons. The van der Waals surface area contributed by atoms with Crippen LogP contribution in [0, 0.1) is 125 Å². The molecule has 0 N–H and O–H groups in total. The normalized spacial score (nSPS) is 11.1. The van der Waals surface area contributed by atoms with Crippen LogP contribution >= 0.6 is 0 Å². The van der Waals surface area contributed by atoms with Gasteiger partial charge in [0.1, 0.15) is 42.3 Å². The van der Waals surface area contributed by atoms with E-state index >= 15 is 0 Å². The molecule has 0 unspecified atom stereocenters. The third-order valence-electron chi connectivity index (χ3n) is 18.6. The summed E-state index contributed by atoms with van der Waals surface area (Å²) >= 11 is 0. The summed E-state index contributed by atoms with van der Waals surface area (Å²) in [6, 6.07) is 68.0. The van der Waals surface area contributed by atoms with Crippen LogP contribution in [-0.2, 0) is 42.3 Å². The molecule has 6 nitrogen and oxygen atoms in total. The second-order valence-electron chi connectivity index (χ2n) is 26.4. The first-order valence-corrected chi connectivity index (χ1v) is 33.5. The van der Waals surface area contributed by atoms with Crippen LogP contribution in [0.3, 0.4) is 0 Å². The molecule has 12 aromatic rings. The topological polar surface area (TPSA) is 23.3 Å². The van der Waals surface area contributed by atoms with Crippen molar-refractivity contribution in [1.29, 1.82) is 0 Å². The highest BCUT2D eigenvalue weighted by Gasteiger charge is 2.20. The molecule has 0 aliphatic carbocycles. The Bertz CT molecular complexity index is 4630. The largest absolute Gasteiger partial charge is 0.215 e. The number of hydrogen-bond donors (Lipinski definition) is 0. The predicted octanol–water partition coefficient (Wildman–Crippen LogP) is 18.6. The van der Waals surface area contributed by atoms with Crippen molar-refractivity contribution >= 4 is 0 Å². The molecule has 0 spiro atoms. The number of nitrogens with zero attached hydrogens (tertiary/aromatic N) is 6. The van der Waals surface area contributed by atoms with Gasteiger partial charge in [0.25, 0.3) is 0 Å². The third-order valence-corrected chi connectivity index (χ3v) is 18.6. The highest BCUT2D eigenvalue weighted by molar-refractivity contribution is 5.67. The van der Waals surface area contributed by atoms with Crippen LogP contribution in [0.25, 0.3) is 67.5 Å². The Labute approximate surface area is 582 Å². The lowest BCUT2D eigenvalue weighted by molar-refractivity contribution is -0.667. The molecule has 0 aliphatic heterocycles. The number of aromatic nitrogens is 6. The van der Waals surface area contributed by atoms with Crippen molar-refractivity contribution in [3.05, 3.63) is 319 Å². The maximum Gasteiger partial charge on any atom is 0.215 e. The molecule has 6 aromatic heterocycles. The average molecular weight is 1280 g/mol. The molecule has 0 saturated heterocycles. The van der Waals surface area contributed by atoms with Gasteiger partial charge < -0.3 is 0 Å². The van der Waals surface area contributed by atoms with E-state index in [1.54, 1.807) is 12.1 Å². The van der Waals surface area contributed by atoms with Crippen LogP contribution in [0.15, 0.2) is 219 Å². The van der Waals surface area contributed by atoms with Crippen molar-refractivity contribution in [2.75, 3.05) is 0 Å². The van der Waals surface area contributed by atoms with E-state index in [0.717, 1.165) is 16.8 Å². The van der Waals surface area contributed by atoms with Gasteiger partial charge in [0.15, 0.2) is 36.2 Å². The van der Waals surface area contributed by atoms with Gasteiger partial charge in [-0.1, -0.05) is 96.1 Å². The van der Waals surface area contributed by atoms with E-state index in [1.165, 1.54) is 146 Å². The molecular weight excluding hydrogens is 1170 g/mol. The summed E-state index contributed by atoms with van der Waals surface area (Å²) in [6.45, 7) is 34.3. The van der Waals surface area contributed by atoms with Gasteiger partial charge in [0, 0.05) is 123 Å². The molecule has 6 heteroatoms. The molecule has 0 aliphatic rings. The Morgan fingerprint density at radius 1 is 0.229 bits per heavy atom. The lowest BCUT2D eigenvalue weighted by Crippen LogP contribution is -2.35. The molecule has 0 fully saturated rings. The van der Waals surface area contributed by atoms with Crippen molar-refractivity contribution in [1.82, 2.24) is 0 Å². The minimum absolute atomic E-state index is 0.393. The SMILES string of the molecule is Cc1cc[n+](C)c(-c2cccc(C)c2C)c1.Cc1cc[n+](C)c(-c2cccc(C)c2C)c1.Cc1ccc(-c2cc(C)cc[n+]2C)c(C)c1.Cc1ccccc1-c1c(C)ccc(C)[n+]1C.Cc1ccccc1-c1c(C)ccc(C)[n+]1C.[2H]C([2H])([2H])c1ccc(-c2cc(C)cc[n+]2C)c(C)c1. The summed E-state index contributed by atoms with van der Waals surface area (Å²) in [5.41, 5.74) is 37.6. The summed E-state index contributed by atoms with van der Waals surface area (Å²) < 4.78 is 35.4. The minimum atomic E-state index is -2.04. The van der Waals surface area contributed by atoms with Crippen LogP contribution in [0.1, 0.15) is 105 Å². The van der Waals surface area contributed by atoms with Gasteiger partial charge in [-0.05, 0) is 226 Å². The van der Waals surface area contributed by atoms with Crippen LogP contribution in [0.4, 0.5) is 0 Å². The maximum atomic E-state index is 7.45. The zero-order valence-corrected chi connectivity index (χ0v) is 62.0. The molecule has 6 aromatic carbocycles. The summed E-state index contributed by atoms with van der Waals surface area (Å²) in [6.07, 6.45) is 8.37. The van der Waals surface area contributed by atoms with E-state index in [0.29, 0.717) is 5.56 Å². The highest BCUT2D eigenvalue weighted by Crippen LogP contribution is 2.28. The number of aryl methyl sites for hydroxylation is 20. The number of rotatable bonds is 6. The molecule has 0 saturated carbocycles. The average Bonchev–Trinajstić information content (AvgIpc) is 0.809. The molecule has 0 radical (unpaired) electrons. The van der Waals surface area contributed by atoms with Gasteiger partial charge in [-0.3, -0.25) is 0 Å². The van der Waals surface area contributed by atoms with E-state index in [1.807, 2.05) is 30.8 Å². The summed E-state index contributed by atoms with van der Waals surface area (Å²) in [4.78, 5) is 0. The van der Waals surface area contributed by atoms with Crippen LogP contribution in [-0.4, -0.2) is 0 Å². The molecule has 12 rings (SSSR count).